The van der Waals surface area contributed by atoms with Crippen molar-refractivity contribution in [1.82, 2.24) is 20.0 Å². The van der Waals surface area contributed by atoms with Gasteiger partial charge in [-0.15, -0.1) is 0 Å². The highest BCUT2D eigenvalue weighted by Crippen LogP contribution is 2.34. The molecule has 0 aliphatic carbocycles. The van der Waals surface area contributed by atoms with Crippen LogP contribution in [0.5, 0.6) is 0 Å². The lowest BCUT2D eigenvalue weighted by molar-refractivity contribution is -0.0842. The van der Waals surface area contributed by atoms with Crippen molar-refractivity contribution in [3.63, 3.8) is 0 Å². The number of hydrogen-bond acceptors (Lipinski definition) is 4. The van der Waals surface area contributed by atoms with E-state index < -0.39 is 0 Å². The molecule has 0 N–H and O–H groups in total. The van der Waals surface area contributed by atoms with E-state index in [1.807, 2.05) is 6.92 Å². The van der Waals surface area contributed by atoms with Gasteiger partial charge in [0.1, 0.15) is 0 Å². The van der Waals surface area contributed by atoms with Crippen molar-refractivity contribution >= 4 is 0 Å². The summed E-state index contributed by atoms with van der Waals surface area (Å²) < 4.78 is 0. The second-order valence-corrected chi connectivity index (χ2v) is 5.93. The Balaban J connectivity index is 1.62. The summed E-state index contributed by atoms with van der Waals surface area (Å²) in [4.78, 5) is 5.19. The molecule has 2 aliphatic rings. The zero-order valence-electron chi connectivity index (χ0n) is 11.5. The Hall–Kier alpha value is -1.00. The molecule has 2 unspecified atom stereocenters. The number of fused-ring (bicyclic) bond motifs is 2. The molecule has 4 heteroatoms. The third-order valence-electron chi connectivity index (χ3n) is 4.30. The smallest absolute Gasteiger partial charge is 0.0771 e. The Morgan fingerprint density at radius 2 is 1.94 bits per heavy atom. The average Bonchev–Trinajstić information content (AvgIpc) is 2.38. The molecule has 3 rings (SSSR count). The van der Waals surface area contributed by atoms with Gasteiger partial charge in [0, 0.05) is 37.8 Å². The monoisotopic (exact) mass is 246 g/mol. The van der Waals surface area contributed by atoms with E-state index in [2.05, 4.69) is 46.0 Å². The van der Waals surface area contributed by atoms with E-state index >= 15 is 0 Å². The summed E-state index contributed by atoms with van der Waals surface area (Å²) in [6.07, 6.45) is 1.36. The fourth-order valence-electron chi connectivity index (χ4n) is 3.10. The van der Waals surface area contributed by atoms with Crippen LogP contribution in [0.4, 0.5) is 0 Å². The van der Waals surface area contributed by atoms with E-state index in [1.165, 1.54) is 19.5 Å². The van der Waals surface area contributed by atoms with Crippen LogP contribution in [0.25, 0.3) is 0 Å². The summed E-state index contributed by atoms with van der Waals surface area (Å²) in [7, 11) is 0. The molecular formula is C14H22N4. The topological polar surface area (TPSA) is 32.3 Å². The van der Waals surface area contributed by atoms with Crippen molar-refractivity contribution in [3.8, 4) is 0 Å². The van der Waals surface area contributed by atoms with Crippen molar-refractivity contribution in [2.75, 3.05) is 13.1 Å². The lowest BCUT2D eigenvalue weighted by atomic mass is 9.86. The fourth-order valence-corrected chi connectivity index (χ4v) is 3.10. The molecule has 2 fully saturated rings. The largest absolute Gasteiger partial charge is 0.298 e. The van der Waals surface area contributed by atoms with E-state index in [4.69, 9.17) is 0 Å². The average molecular weight is 246 g/mol. The van der Waals surface area contributed by atoms with Crippen LogP contribution in [-0.2, 0) is 6.54 Å². The maximum absolute atomic E-state index is 4.28. The quantitative estimate of drug-likeness (QED) is 0.808. The lowest BCUT2D eigenvalue weighted by Crippen LogP contribution is -2.68. The third kappa shape index (κ3) is 2.15. The number of rotatable bonds is 3. The zero-order valence-corrected chi connectivity index (χ0v) is 11.5. The SMILES string of the molecule is Cc1ccc(CN2C3CC2CN(C(C)C)C3)nn1. The molecule has 0 radical (unpaired) electrons. The molecule has 0 amide bonds. The van der Waals surface area contributed by atoms with Gasteiger partial charge in [-0.25, -0.2) is 0 Å². The van der Waals surface area contributed by atoms with Crippen LogP contribution in [0.15, 0.2) is 12.1 Å². The molecule has 2 aliphatic heterocycles. The minimum absolute atomic E-state index is 0.677. The molecule has 1 aromatic rings. The molecular weight excluding hydrogens is 224 g/mol. The van der Waals surface area contributed by atoms with Crippen molar-refractivity contribution in [2.45, 2.75) is 51.9 Å². The number of likely N-dealkylation sites (tertiary alicyclic amines) is 2. The Morgan fingerprint density at radius 1 is 1.22 bits per heavy atom. The highest BCUT2D eigenvalue weighted by molar-refractivity contribution is 5.09. The molecule has 2 atom stereocenters. The van der Waals surface area contributed by atoms with E-state index in [0.717, 1.165) is 30.0 Å². The number of aromatic nitrogens is 2. The predicted molar refractivity (Wildman–Crippen MR) is 71.2 cm³/mol. The van der Waals surface area contributed by atoms with E-state index in [-0.39, 0.29) is 0 Å². The molecule has 2 saturated heterocycles. The van der Waals surface area contributed by atoms with Crippen molar-refractivity contribution in [2.24, 2.45) is 0 Å². The molecule has 18 heavy (non-hydrogen) atoms. The molecule has 2 bridgehead atoms. The van der Waals surface area contributed by atoms with Gasteiger partial charge < -0.3 is 0 Å². The van der Waals surface area contributed by atoms with Gasteiger partial charge in [-0.3, -0.25) is 9.80 Å². The van der Waals surface area contributed by atoms with E-state index in [1.54, 1.807) is 0 Å². The standard InChI is InChI=1S/C14H22N4/c1-10(2)17-8-13-6-14(9-17)18(13)7-12-5-4-11(3)15-16-12/h4-5,10,13-14H,6-9H2,1-3H3. The van der Waals surface area contributed by atoms with Crippen molar-refractivity contribution < 1.29 is 0 Å². The molecule has 4 nitrogen and oxygen atoms in total. The maximum Gasteiger partial charge on any atom is 0.0771 e. The van der Waals surface area contributed by atoms with Crippen molar-refractivity contribution in [3.05, 3.63) is 23.5 Å². The fraction of sp³-hybridized carbons (Fsp3) is 0.714. The summed E-state index contributed by atoms with van der Waals surface area (Å²) in [5.74, 6) is 0. The van der Waals surface area contributed by atoms with Gasteiger partial charge in [-0.1, -0.05) is 0 Å². The van der Waals surface area contributed by atoms with Crippen LogP contribution in [0.1, 0.15) is 31.7 Å². The third-order valence-corrected chi connectivity index (χ3v) is 4.30. The van der Waals surface area contributed by atoms with Gasteiger partial charge in [0.15, 0.2) is 0 Å². The van der Waals surface area contributed by atoms with Crippen LogP contribution in [0.2, 0.25) is 0 Å². The summed E-state index contributed by atoms with van der Waals surface area (Å²) in [5, 5.41) is 8.42. The lowest BCUT2D eigenvalue weighted by Gasteiger charge is -2.57. The number of piperazine rings is 1. The number of nitrogens with zero attached hydrogens (tertiary/aromatic N) is 4. The van der Waals surface area contributed by atoms with Crippen LogP contribution in [0.3, 0.4) is 0 Å². The first-order valence-electron chi connectivity index (χ1n) is 6.92. The molecule has 3 heterocycles. The van der Waals surface area contributed by atoms with E-state index in [9.17, 15) is 0 Å². The molecule has 1 aromatic heterocycles. The van der Waals surface area contributed by atoms with Gasteiger partial charge in [0.25, 0.3) is 0 Å². The predicted octanol–water partition coefficient (Wildman–Crippen LogP) is 1.45. The second kappa shape index (κ2) is 4.59. The molecule has 98 valence electrons. The Morgan fingerprint density at radius 3 is 2.50 bits per heavy atom. The van der Waals surface area contributed by atoms with Crippen LogP contribution < -0.4 is 0 Å². The highest BCUT2D eigenvalue weighted by atomic mass is 15.4. The highest BCUT2D eigenvalue weighted by Gasteiger charge is 2.44. The van der Waals surface area contributed by atoms with Gasteiger partial charge in [-0.2, -0.15) is 10.2 Å². The van der Waals surface area contributed by atoms with Gasteiger partial charge in [0.05, 0.1) is 11.4 Å². The molecule has 0 saturated carbocycles. The maximum atomic E-state index is 4.28. The summed E-state index contributed by atoms with van der Waals surface area (Å²) >= 11 is 0. The normalized spacial score (nSPS) is 28.4. The van der Waals surface area contributed by atoms with Crippen LogP contribution >= 0.6 is 0 Å². The Bertz CT molecular complexity index is 402. The molecule has 0 aromatic carbocycles. The number of hydrogen-bond donors (Lipinski definition) is 0. The van der Waals surface area contributed by atoms with Crippen molar-refractivity contribution in [1.29, 1.82) is 0 Å². The Labute approximate surface area is 109 Å². The first-order chi connectivity index (χ1) is 8.63. The first kappa shape index (κ1) is 12.1. The van der Waals surface area contributed by atoms with Gasteiger partial charge in [0.2, 0.25) is 0 Å². The Kier molecular flexibility index (Phi) is 3.08. The van der Waals surface area contributed by atoms with Crippen LogP contribution in [-0.4, -0.2) is 51.2 Å². The zero-order chi connectivity index (χ0) is 12.7. The van der Waals surface area contributed by atoms with Gasteiger partial charge in [-0.05, 0) is 39.3 Å². The first-order valence-corrected chi connectivity index (χ1v) is 6.92. The number of piperidine rings is 1. The second-order valence-electron chi connectivity index (χ2n) is 5.93. The minimum atomic E-state index is 0.677. The minimum Gasteiger partial charge on any atom is -0.298 e. The number of aryl methyl sites for hydroxylation is 1. The summed E-state index contributed by atoms with van der Waals surface area (Å²) in [6.45, 7) is 9.96. The van der Waals surface area contributed by atoms with E-state index in [0.29, 0.717) is 6.04 Å². The summed E-state index contributed by atoms with van der Waals surface area (Å²) in [5.41, 5.74) is 2.10. The molecule has 0 spiro atoms. The van der Waals surface area contributed by atoms with Gasteiger partial charge >= 0.3 is 0 Å². The summed E-state index contributed by atoms with van der Waals surface area (Å²) in [6, 6.07) is 6.30. The van der Waals surface area contributed by atoms with Crippen LogP contribution in [0, 0.1) is 6.92 Å².